The minimum Gasteiger partial charge on any atom is -0.423 e. The van der Waals surface area contributed by atoms with Crippen LogP contribution < -0.4 is 4.74 Å². The highest BCUT2D eigenvalue weighted by Gasteiger charge is 2.13. The molecule has 2 aromatic carbocycles. The van der Waals surface area contributed by atoms with E-state index in [1.807, 2.05) is 31.2 Å². The maximum Gasteiger partial charge on any atom is 0.339 e. The second kappa shape index (κ2) is 10.6. The van der Waals surface area contributed by atoms with Crippen LogP contribution in [0, 0.1) is 0 Å². The topological polar surface area (TPSA) is 60.4 Å². The lowest BCUT2D eigenvalue weighted by Crippen LogP contribution is -2.10. The molecule has 148 valence electrons. The van der Waals surface area contributed by atoms with E-state index in [0.29, 0.717) is 11.3 Å². The zero-order valence-corrected chi connectivity index (χ0v) is 17.8. The number of esters is 1. The van der Waals surface area contributed by atoms with E-state index in [4.69, 9.17) is 4.74 Å². The highest BCUT2D eigenvalue weighted by atomic mass is 32.2. The number of hydrogen-bond acceptors (Lipinski definition) is 6. The number of carbonyl (C=O) groups is 3. The lowest BCUT2D eigenvalue weighted by molar-refractivity contribution is -0.130. The Labute approximate surface area is 178 Å². The third kappa shape index (κ3) is 6.62. The summed E-state index contributed by atoms with van der Waals surface area (Å²) in [5.41, 5.74) is 2.13. The molecule has 0 aromatic heterocycles. The van der Waals surface area contributed by atoms with Crippen LogP contribution >= 0.6 is 23.5 Å². The lowest BCUT2D eigenvalue weighted by atomic mass is 10.0. The molecule has 0 aliphatic rings. The first kappa shape index (κ1) is 22.5. The normalized spacial score (nSPS) is 11.2. The van der Waals surface area contributed by atoms with Gasteiger partial charge in [-0.3, -0.25) is 9.59 Å². The van der Waals surface area contributed by atoms with Gasteiger partial charge in [0.15, 0.2) is 0 Å². The van der Waals surface area contributed by atoms with Gasteiger partial charge in [0.25, 0.3) is 0 Å². The standard InChI is InChI=1S/C23H20O4S2/c1-5-21(24)28-19-11-7-17(8-12-19)15(3)16(4)23(26)27-18-9-13-20(14-10-18)29-22(25)6-2/h5-14H,1-2H2,3-4H3/b16-15+. The molecule has 6 heteroatoms. The van der Waals surface area contributed by atoms with E-state index in [0.717, 1.165) is 44.5 Å². The summed E-state index contributed by atoms with van der Waals surface area (Å²) < 4.78 is 5.43. The van der Waals surface area contributed by atoms with E-state index < -0.39 is 5.97 Å². The SMILES string of the molecule is C=CC(=O)Sc1ccc(OC(=O)/C(C)=C(\C)c2ccc(SC(=O)C=C)cc2)cc1. The van der Waals surface area contributed by atoms with Crippen LogP contribution in [0.5, 0.6) is 5.75 Å². The second-order valence-electron chi connectivity index (χ2n) is 5.89. The van der Waals surface area contributed by atoms with Gasteiger partial charge in [0, 0.05) is 15.4 Å². The molecule has 0 aliphatic heterocycles. The Morgan fingerprint density at radius 2 is 1.24 bits per heavy atom. The van der Waals surface area contributed by atoms with Crippen molar-refractivity contribution in [2.45, 2.75) is 23.6 Å². The van der Waals surface area contributed by atoms with E-state index in [-0.39, 0.29) is 10.2 Å². The van der Waals surface area contributed by atoms with Crippen molar-refractivity contribution < 1.29 is 19.1 Å². The molecule has 0 fully saturated rings. The maximum absolute atomic E-state index is 12.5. The van der Waals surface area contributed by atoms with Crippen molar-refractivity contribution in [3.63, 3.8) is 0 Å². The van der Waals surface area contributed by atoms with Crippen molar-refractivity contribution in [2.24, 2.45) is 0 Å². The van der Waals surface area contributed by atoms with E-state index in [9.17, 15) is 14.4 Å². The average Bonchev–Trinajstić information content (AvgIpc) is 2.74. The van der Waals surface area contributed by atoms with Crippen molar-refractivity contribution in [1.82, 2.24) is 0 Å². The van der Waals surface area contributed by atoms with Crippen LogP contribution in [0.25, 0.3) is 5.57 Å². The Bertz CT molecular complexity index is 971. The van der Waals surface area contributed by atoms with Crippen LogP contribution in [-0.2, 0) is 14.4 Å². The van der Waals surface area contributed by atoms with E-state index in [2.05, 4.69) is 13.2 Å². The van der Waals surface area contributed by atoms with Crippen molar-refractivity contribution in [2.75, 3.05) is 0 Å². The van der Waals surface area contributed by atoms with Crippen LogP contribution in [-0.4, -0.2) is 16.2 Å². The molecule has 0 spiro atoms. The van der Waals surface area contributed by atoms with E-state index in [1.165, 1.54) is 12.2 Å². The molecular formula is C23H20O4S2. The lowest BCUT2D eigenvalue weighted by Gasteiger charge is -2.09. The molecule has 0 unspecified atom stereocenters. The van der Waals surface area contributed by atoms with Crippen molar-refractivity contribution in [1.29, 1.82) is 0 Å². The number of rotatable bonds is 7. The number of hydrogen-bond donors (Lipinski definition) is 0. The molecule has 0 saturated carbocycles. The van der Waals surface area contributed by atoms with Crippen LogP contribution in [0.4, 0.5) is 0 Å². The number of allylic oxidation sites excluding steroid dienone is 1. The summed E-state index contributed by atoms with van der Waals surface area (Å²) in [6, 6.07) is 14.1. The molecular weight excluding hydrogens is 404 g/mol. The van der Waals surface area contributed by atoms with Gasteiger partial charge >= 0.3 is 5.97 Å². The van der Waals surface area contributed by atoms with Crippen molar-refractivity contribution in [3.05, 3.63) is 85.0 Å². The monoisotopic (exact) mass is 424 g/mol. The third-order valence-electron chi connectivity index (χ3n) is 3.96. The fourth-order valence-electron chi connectivity index (χ4n) is 2.22. The summed E-state index contributed by atoms with van der Waals surface area (Å²) in [5, 5.41) is -0.273. The van der Waals surface area contributed by atoms with Gasteiger partial charge in [-0.05, 0) is 97.1 Å². The van der Waals surface area contributed by atoms with Gasteiger partial charge < -0.3 is 4.74 Å². The average molecular weight is 425 g/mol. The van der Waals surface area contributed by atoms with Crippen LogP contribution in [0.15, 0.2) is 89.2 Å². The Morgan fingerprint density at radius 1 is 0.793 bits per heavy atom. The van der Waals surface area contributed by atoms with Gasteiger partial charge in [-0.1, -0.05) is 25.3 Å². The molecule has 0 aliphatic carbocycles. The molecule has 0 radical (unpaired) electrons. The number of thioether (sulfide) groups is 2. The van der Waals surface area contributed by atoms with E-state index >= 15 is 0 Å². The van der Waals surface area contributed by atoms with Gasteiger partial charge in [-0.25, -0.2) is 4.79 Å². The fourth-order valence-corrected chi connectivity index (χ4v) is 3.39. The molecule has 4 nitrogen and oxygen atoms in total. The van der Waals surface area contributed by atoms with E-state index in [1.54, 1.807) is 31.2 Å². The Kier molecular flexibility index (Phi) is 8.24. The van der Waals surface area contributed by atoms with Crippen LogP contribution in [0.3, 0.4) is 0 Å². The molecule has 0 N–H and O–H groups in total. The van der Waals surface area contributed by atoms with Gasteiger partial charge in [0.2, 0.25) is 10.2 Å². The summed E-state index contributed by atoms with van der Waals surface area (Å²) >= 11 is 2.14. The molecule has 2 aromatic rings. The Balaban J connectivity index is 2.08. The zero-order chi connectivity index (χ0) is 21.4. The number of benzene rings is 2. The molecule has 0 bridgehead atoms. The van der Waals surface area contributed by atoms with Gasteiger partial charge in [0.1, 0.15) is 5.75 Å². The molecule has 0 saturated heterocycles. The zero-order valence-electron chi connectivity index (χ0n) is 16.1. The summed E-state index contributed by atoms with van der Waals surface area (Å²) in [6.07, 6.45) is 2.52. The van der Waals surface area contributed by atoms with Crippen molar-refractivity contribution in [3.8, 4) is 5.75 Å². The summed E-state index contributed by atoms with van der Waals surface area (Å²) in [7, 11) is 0. The number of carbonyl (C=O) groups excluding carboxylic acids is 3. The largest absolute Gasteiger partial charge is 0.423 e. The first-order chi connectivity index (χ1) is 13.8. The number of ether oxygens (including phenoxy) is 1. The maximum atomic E-state index is 12.5. The van der Waals surface area contributed by atoms with Gasteiger partial charge in [-0.2, -0.15) is 0 Å². The first-order valence-corrected chi connectivity index (χ1v) is 10.3. The first-order valence-electron chi connectivity index (χ1n) is 8.62. The minimum absolute atomic E-state index is 0.122. The summed E-state index contributed by atoms with van der Waals surface area (Å²) in [4.78, 5) is 36.8. The Hall–Kier alpha value is -2.83. The highest BCUT2D eigenvalue weighted by Crippen LogP contribution is 2.26. The second-order valence-corrected chi connectivity index (χ2v) is 8.04. The Morgan fingerprint density at radius 3 is 1.69 bits per heavy atom. The van der Waals surface area contributed by atoms with Gasteiger partial charge in [-0.15, -0.1) is 0 Å². The quantitative estimate of drug-likeness (QED) is 0.246. The van der Waals surface area contributed by atoms with Crippen LogP contribution in [0.1, 0.15) is 19.4 Å². The molecule has 29 heavy (non-hydrogen) atoms. The predicted molar refractivity (Wildman–Crippen MR) is 119 cm³/mol. The summed E-state index contributed by atoms with van der Waals surface area (Å²) in [5.74, 6) is -0.0578. The third-order valence-corrected chi connectivity index (χ3v) is 5.71. The van der Waals surface area contributed by atoms with Crippen molar-refractivity contribution >= 4 is 45.3 Å². The minimum atomic E-state index is -0.453. The summed E-state index contributed by atoms with van der Waals surface area (Å²) in [6.45, 7) is 10.4. The fraction of sp³-hybridized carbons (Fsp3) is 0.0870. The molecule has 0 amide bonds. The predicted octanol–water partition coefficient (Wildman–Crippen LogP) is 5.70. The molecule has 0 heterocycles. The molecule has 0 atom stereocenters. The van der Waals surface area contributed by atoms with Gasteiger partial charge in [0.05, 0.1) is 0 Å². The molecule has 2 rings (SSSR count). The van der Waals surface area contributed by atoms with Crippen LogP contribution in [0.2, 0.25) is 0 Å². The smallest absolute Gasteiger partial charge is 0.339 e. The highest BCUT2D eigenvalue weighted by molar-refractivity contribution is 8.14.